The SMILES string of the molecule is O=C1C2CCCN2C(=O)CCN1CCCC1CCCC1. The Labute approximate surface area is 121 Å². The molecule has 112 valence electrons. The van der Waals surface area contributed by atoms with Gasteiger partial charge >= 0.3 is 0 Å². The van der Waals surface area contributed by atoms with Gasteiger partial charge in [-0.3, -0.25) is 9.59 Å². The third-order valence-electron chi connectivity index (χ3n) is 5.28. The Morgan fingerprint density at radius 1 is 1.00 bits per heavy atom. The third kappa shape index (κ3) is 2.84. The average molecular weight is 278 g/mol. The van der Waals surface area contributed by atoms with Gasteiger partial charge in [-0.15, -0.1) is 0 Å². The first-order valence-electron chi connectivity index (χ1n) is 8.34. The molecule has 2 heterocycles. The van der Waals surface area contributed by atoms with Gasteiger partial charge < -0.3 is 9.80 Å². The maximum absolute atomic E-state index is 12.5. The second-order valence-electron chi connectivity index (χ2n) is 6.61. The van der Waals surface area contributed by atoms with Crippen LogP contribution in [0.3, 0.4) is 0 Å². The summed E-state index contributed by atoms with van der Waals surface area (Å²) in [4.78, 5) is 28.3. The number of hydrogen-bond acceptors (Lipinski definition) is 2. The zero-order valence-electron chi connectivity index (χ0n) is 12.4. The van der Waals surface area contributed by atoms with E-state index < -0.39 is 0 Å². The van der Waals surface area contributed by atoms with Gasteiger partial charge in [0.1, 0.15) is 6.04 Å². The standard InChI is InChI=1S/C16H26N2O2/c19-15-9-12-17(10-3-7-13-5-1-2-6-13)16(20)14-8-4-11-18(14)15/h13-14H,1-12H2. The molecule has 3 rings (SSSR count). The number of fused-ring (bicyclic) bond motifs is 1. The fourth-order valence-electron chi connectivity index (χ4n) is 4.11. The van der Waals surface area contributed by atoms with E-state index in [1.165, 1.54) is 32.1 Å². The number of hydrogen-bond donors (Lipinski definition) is 0. The van der Waals surface area contributed by atoms with Crippen molar-refractivity contribution in [2.45, 2.75) is 63.8 Å². The van der Waals surface area contributed by atoms with Gasteiger partial charge in [-0.05, 0) is 31.6 Å². The zero-order chi connectivity index (χ0) is 13.9. The van der Waals surface area contributed by atoms with E-state index >= 15 is 0 Å². The van der Waals surface area contributed by atoms with Crippen molar-refractivity contribution in [1.82, 2.24) is 9.80 Å². The molecule has 3 aliphatic rings. The Kier molecular flexibility index (Phi) is 4.27. The van der Waals surface area contributed by atoms with Crippen molar-refractivity contribution < 1.29 is 9.59 Å². The molecule has 0 spiro atoms. The first kappa shape index (κ1) is 13.9. The van der Waals surface area contributed by atoms with Gasteiger partial charge in [0.2, 0.25) is 11.8 Å². The van der Waals surface area contributed by atoms with Crippen LogP contribution in [0.5, 0.6) is 0 Å². The summed E-state index contributed by atoms with van der Waals surface area (Å²) in [5, 5.41) is 0. The number of rotatable bonds is 4. The van der Waals surface area contributed by atoms with E-state index in [2.05, 4.69) is 0 Å². The molecule has 20 heavy (non-hydrogen) atoms. The highest BCUT2D eigenvalue weighted by Crippen LogP contribution is 2.29. The molecule has 2 saturated heterocycles. The van der Waals surface area contributed by atoms with Gasteiger partial charge in [-0.25, -0.2) is 0 Å². The molecule has 0 bridgehead atoms. The maximum Gasteiger partial charge on any atom is 0.245 e. The first-order chi connectivity index (χ1) is 9.75. The summed E-state index contributed by atoms with van der Waals surface area (Å²) < 4.78 is 0. The summed E-state index contributed by atoms with van der Waals surface area (Å²) >= 11 is 0. The van der Waals surface area contributed by atoms with Crippen LogP contribution < -0.4 is 0 Å². The predicted octanol–water partition coefficient (Wildman–Crippen LogP) is 2.18. The van der Waals surface area contributed by atoms with E-state index in [9.17, 15) is 9.59 Å². The quantitative estimate of drug-likeness (QED) is 0.791. The first-order valence-corrected chi connectivity index (χ1v) is 8.34. The Hall–Kier alpha value is -1.06. The Morgan fingerprint density at radius 2 is 1.80 bits per heavy atom. The zero-order valence-corrected chi connectivity index (χ0v) is 12.4. The summed E-state index contributed by atoms with van der Waals surface area (Å²) in [5.41, 5.74) is 0. The van der Waals surface area contributed by atoms with Gasteiger partial charge in [0.25, 0.3) is 0 Å². The molecule has 1 aliphatic carbocycles. The Balaban J connectivity index is 1.52. The molecule has 4 nitrogen and oxygen atoms in total. The van der Waals surface area contributed by atoms with Gasteiger partial charge in [-0.2, -0.15) is 0 Å². The maximum atomic E-state index is 12.5. The topological polar surface area (TPSA) is 40.6 Å². The van der Waals surface area contributed by atoms with Crippen molar-refractivity contribution in [3.8, 4) is 0 Å². The van der Waals surface area contributed by atoms with E-state index in [4.69, 9.17) is 0 Å². The minimum Gasteiger partial charge on any atom is -0.340 e. The average Bonchev–Trinajstić information content (AvgIpc) is 3.10. The van der Waals surface area contributed by atoms with Crippen LogP contribution in [0.2, 0.25) is 0 Å². The van der Waals surface area contributed by atoms with Crippen LogP contribution >= 0.6 is 0 Å². The van der Waals surface area contributed by atoms with Crippen molar-refractivity contribution in [3.63, 3.8) is 0 Å². The second-order valence-corrected chi connectivity index (χ2v) is 6.61. The van der Waals surface area contributed by atoms with Gasteiger partial charge in [0.15, 0.2) is 0 Å². The Morgan fingerprint density at radius 3 is 2.60 bits per heavy atom. The minimum atomic E-state index is -0.142. The smallest absolute Gasteiger partial charge is 0.245 e. The van der Waals surface area contributed by atoms with Crippen molar-refractivity contribution in [2.75, 3.05) is 19.6 Å². The lowest BCUT2D eigenvalue weighted by Crippen LogP contribution is -2.43. The monoisotopic (exact) mass is 278 g/mol. The number of carbonyl (C=O) groups is 2. The summed E-state index contributed by atoms with van der Waals surface area (Å²) in [6.07, 6.45) is 10.3. The molecule has 4 heteroatoms. The van der Waals surface area contributed by atoms with Gasteiger partial charge in [0, 0.05) is 26.1 Å². The van der Waals surface area contributed by atoms with Crippen LogP contribution in [-0.2, 0) is 9.59 Å². The normalized spacial score (nSPS) is 28.1. The lowest BCUT2D eigenvalue weighted by molar-refractivity contribution is -0.139. The lowest BCUT2D eigenvalue weighted by atomic mass is 10.0. The molecular weight excluding hydrogens is 252 g/mol. The molecule has 3 fully saturated rings. The Bertz CT molecular complexity index is 377. The highest BCUT2D eigenvalue weighted by molar-refractivity contribution is 5.90. The van der Waals surface area contributed by atoms with E-state index in [1.54, 1.807) is 0 Å². The number of nitrogens with zero attached hydrogens (tertiary/aromatic N) is 2. The largest absolute Gasteiger partial charge is 0.340 e. The molecule has 1 atom stereocenters. The highest BCUT2D eigenvalue weighted by atomic mass is 16.2. The second kappa shape index (κ2) is 6.15. The molecule has 1 saturated carbocycles. The molecule has 1 unspecified atom stereocenters. The van der Waals surface area contributed by atoms with Crippen LogP contribution in [-0.4, -0.2) is 47.3 Å². The number of amides is 2. The minimum absolute atomic E-state index is 0.142. The van der Waals surface area contributed by atoms with Crippen molar-refractivity contribution in [1.29, 1.82) is 0 Å². The molecule has 2 amide bonds. The van der Waals surface area contributed by atoms with E-state index in [0.717, 1.165) is 38.3 Å². The fourth-order valence-corrected chi connectivity index (χ4v) is 4.11. The lowest BCUT2D eigenvalue weighted by Gasteiger charge is -2.25. The molecule has 0 aromatic rings. The summed E-state index contributed by atoms with van der Waals surface area (Å²) in [7, 11) is 0. The summed E-state index contributed by atoms with van der Waals surface area (Å²) in [5.74, 6) is 1.28. The van der Waals surface area contributed by atoms with Gasteiger partial charge in [0.05, 0.1) is 0 Å². The van der Waals surface area contributed by atoms with Crippen LogP contribution in [0.25, 0.3) is 0 Å². The van der Waals surface area contributed by atoms with Crippen molar-refractivity contribution in [3.05, 3.63) is 0 Å². The van der Waals surface area contributed by atoms with Crippen LogP contribution in [0, 0.1) is 5.92 Å². The molecular formula is C16H26N2O2. The van der Waals surface area contributed by atoms with Crippen molar-refractivity contribution in [2.24, 2.45) is 5.92 Å². The number of carbonyl (C=O) groups excluding carboxylic acids is 2. The van der Waals surface area contributed by atoms with Crippen LogP contribution in [0.15, 0.2) is 0 Å². The van der Waals surface area contributed by atoms with Crippen molar-refractivity contribution >= 4 is 11.8 Å². The summed E-state index contributed by atoms with van der Waals surface area (Å²) in [6, 6.07) is -0.142. The molecule has 0 aromatic heterocycles. The molecule has 0 aromatic carbocycles. The molecule has 0 radical (unpaired) electrons. The summed E-state index contributed by atoms with van der Waals surface area (Å²) in [6.45, 7) is 2.27. The van der Waals surface area contributed by atoms with Crippen LogP contribution in [0.1, 0.15) is 57.8 Å². The fraction of sp³-hybridized carbons (Fsp3) is 0.875. The predicted molar refractivity (Wildman–Crippen MR) is 77.1 cm³/mol. The molecule has 0 N–H and O–H groups in total. The van der Waals surface area contributed by atoms with E-state index in [-0.39, 0.29) is 17.9 Å². The van der Waals surface area contributed by atoms with E-state index in [0.29, 0.717) is 13.0 Å². The van der Waals surface area contributed by atoms with E-state index in [1.807, 2.05) is 9.80 Å². The highest BCUT2D eigenvalue weighted by Gasteiger charge is 2.38. The van der Waals surface area contributed by atoms with Gasteiger partial charge in [-0.1, -0.05) is 25.7 Å². The van der Waals surface area contributed by atoms with Crippen LogP contribution in [0.4, 0.5) is 0 Å². The third-order valence-corrected chi connectivity index (χ3v) is 5.28. The molecule has 2 aliphatic heterocycles.